The fraction of sp³-hybridized carbons (Fsp3) is 0.455. The number of rotatable bonds is 1. The lowest BCUT2D eigenvalue weighted by Gasteiger charge is -2.22. The van der Waals surface area contributed by atoms with E-state index < -0.39 is 28.8 Å². The third-order valence-electron chi connectivity index (χ3n) is 2.45. The largest absolute Gasteiger partial charge is 0.416 e. The van der Waals surface area contributed by atoms with Crippen LogP contribution in [0, 0.1) is 0 Å². The summed E-state index contributed by atoms with van der Waals surface area (Å²) in [7, 11) is 1.56. The molecule has 0 heterocycles. The Labute approximate surface area is 101 Å². The predicted octanol–water partition coefficient (Wildman–Crippen LogP) is 3.59. The second-order valence-corrected chi connectivity index (χ2v) is 5.04. The summed E-state index contributed by atoms with van der Waals surface area (Å²) in [5, 5.41) is -0.790. The Morgan fingerprint density at radius 2 is 1.00 bits per heavy atom. The molecular formula is C11H11BF6. The zero-order valence-corrected chi connectivity index (χ0v) is 10.00. The van der Waals surface area contributed by atoms with E-state index in [1.165, 1.54) is 0 Å². The predicted molar refractivity (Wildman–Crippen MR) is 58.0 cm³/mol. The number of hydrogen-bond donors (Lipinski definition) is 0. The van der Waals surface area contributed by atoms with Crippen LogP contribution in [0.15, 0.2) is 18.2 Å². The quantitative estimate of drug-likeness (QED) is 0.539. The number of alkyl halides is 6. The van der Waals surface area contributed by atoms with Gasteiger partial charge in [-0.3, -0.25) is 0 Å². The molecule has 0 aliphatic heterocycles. The van der Waals surface area contributed by atoms with Crippen molar-refractivity contribution in [3.05, 3.63) is 34.9 Å². The van der Waals surface area contributed by atoms with E-state index >= 15 is 0 Å². The Hall–Kier alpha value is -1.14. The van der Waals surface area contributed by atoms with E-state index in [1.54, 1.807) is 21.7 Å². The molecule has 0 bridgehead atoms. The van der Waals surface area contributed by atoms with Gasteiger partial charge in [0.25, 0.3) is 0 Å². The molecule has 0 N–H and O–H groups in total. The second-order valence-electron chi connectivity index (χ2n) is 5.04. The molecule has 1 rings (SSSR count). The van der Waals surface area contributed by atoms with Crippen LogP contribution in [0.4, 0.5) is 26.3 Å². The van der Waals surface area contributed by atoms with Crippen molar-refractivity contribution < 1.29 is 26.3 Å². The maximum atomic E-state index is 12.6. The zero-order valence-electron chi connectivity index (χ0n) is 10.00. The second kappa shape index (κ2) is 4.21. The van der Waals surface area contributed by atoms with Gasteiger partial charge in [0.05, 0.1) is 11.1 Å². The molecule has 0 aromatic heterocycles. The van der Waals surface area contributed by atoms with Gasteiger partial charge in [-0.2, -0.15) is 26.3 Å². The summed E-state index contributed by atoms with van der Waals surface area (Å²) in [6, 6.07) is 1.65. The van der Waals surface area contributed by atoms with E-state index in [4.69, 9.17) is 0 Å². The third kappa shape index (κ3) is 3.43. The zero-order chi connectivity index (χ0) is 14.4. The van der Waals surface area contributed by atoms with E-state index in [0.29, 0.717) is 0 Å². The van der Waals surface area contributed by atoms with Gasteiger partial charge in [-0.05, 0) is 29.1 Å². The molecule has 0 saturated carbocycles. The minimum Gasteiger partial charge on any atom is -0.166 e. The van der Waals surface area contributed by atoms with Gasteiger partial charge in [0.2, 0.25) is 0 Å². The molecule has 0 fully saturated rings. The van der Waals surface area contributed by atoms with Crippen molar-refractivity contribution in [2.45, 2.75) is 31.5 Å². The van der Waals surface area contributed by atoms with Crippen LogP contribution >= 0.6 is 0 Å². The molecule has 1 aromatic carbocycles. The third-order valence-corrected chi connectivity index (χ3v) is 2.45. The van der Waals surface area contributed by atoms with Gasteiger partial charge in [-0.15, -0.1) is 0 Å². The topological polar surface area (TPSA) is 0 Å². The van der Waals surface area contributed by atoms with Crippen LogP contribution in [0.3, 0.4) is 0 Å². The minimum atomic E-state index is -4.79. The van der Waals surface area contributed by atoms with E-state index in [1.807, 2.05) is 0 Å². The normalized spacial score (nSPS) is 13.8. The van der Waals surface area contributed by atoms with E-state index in [9.17, 15) is 26.3 Å². The lowest BCUT2D eigenvalue weighted by molar-refractivity contribution is -0.143. The van der Waals surface area contributed by atoms with Crippen LogP contribution < -0.4 is 0 Å². The standard InChI is InChI=1S/C11H11BF6/c1-9(2,12)6-3-7(10(13,14)15)5-8(4-6)11(16,17)18/h3-5H,12H2,1-2H3. The number of halogens is 6. The van der Waals surface area contributed by atoms with Crippen molar-refractivity contribution in [3.63, 3.8) is 0 Å². The molecule has 0 radical (unpaired) electrons. The molecule has 0 aliphatic carbocycles. The highest BCUT2D eigenvalue weighted by atomic mass is 19.4. The van der Waals surface area contributed by atoms with Crippen molar-refractivity contribution in [2.75, 3.05) is 0 Å². The summed E-state index contributed by atoms with van der Waals surface area (Å²) in [6.07, 6.45) is -9.58. The molecule has 0 saturated heterocycles. The average molecular weight is 268 g/mol. The summed E-state index contributed by atoms with van der Waals surface area (Å²) in [5.41, 5.74) is -2.55. The summed E-state index contributed by atoms with van der Waals surface area (Å²) >= 11 is 0. The summed E-state index contributed by atoms with van der Waals surface area (Å²) < 4.78 is 75.3. The highest BCUT2D eigenvalue weighted by Crippen LogP contribution is 2.38. The van der Waals surface area contributed by atoms with Crippen molar-refractivity contribution in [2.24, 2.45) is 0 Å². The Morgan fingerprint density at radius 3 is 1.22 bits per heavy atom. The Bertz CT molecular complexity index is 359. The van der Waals surface area contributed by atoms with E-state index in [0.717, 1.165) is 12.1 Å². The summed E-state index contributed by atoms with van der Waals surface area (Å²) in [5.74, 6) is 0. The molecule has 18 heavy (non-hydrogen) atoms. The highest BCUT2D eigenvalue weighted by Gasteiger charge is 2.37. The molecule has 0 aliphatic rings. The van der Waals surface area contributed by atoms with Gasteiger partial charge in [0.15, 0.2) is 0 Å². The van der Waals surface area contributed by atoms with Gasteiger partial charge >= 0.3 is 12.4 Å². The van der Waals surface area contributed by atoms with Gasteiger partial charge in [0, 0.05) is 0 Å². The average Bonchev–Trinajstić information content (AvgIpc) is 2.13. The molecule has 7 heteroatoms. The van der Waals surface area contributed by atoms with Crippen LogP contribution in [0.25, 0.3) is 0 Å². The van der Waals surface area contributed by atoms with Gasteiger partial charge < -0.3 is 0 Å². The Balaban J connectivity index is 3.49. The van der Waals surface area contributed by atoms with Crippen LogP contribution in [0.5, 0.6) is 0 Å². The number of hydrogen-bond acceptors (Lipinski definition) is 0. The van der Waals surface area contributed by atoms with Crippen molar-refractivity contribution >= 4 is 7.85 Å². The molecule has 0 amide bonds. The molecule has 1 aromatic rings. The van der Waals surface area contributed by atoms with E-state index in [2.05, 4.69) is 0 Å². The first kappa shape index (κ1) is 14.9. The molecular weight excluding hydrogens is 257 g/mol. The maximum absolute atomic E-state index is 12.6. The first-order valence-corrected chi connectivity index (χ1v) is 5.12. The molecule has 0 unspecified atom stereocenters. The minimum absolute atomic E-state index is 0.00431. The summed E-state index contributed by atoms with van der Waals surface area (Å²) in [4.78, 5) is 0. The SMILES string of the molecule is BC(C)(C)c1cc(C(F)(F)F)cc(C(F)(F)F)c1. The fourth-order valence-electron chi connectivity index (χ4n) is 1.39. The van der Waals surface area contributed by atoms with Crippen molar-refractivity contribution in [1.82, 2.24) is 0 Å². The molecule has 0 spiro atoms. The fourth-order valence-corrected chi connectivity index (χ4v) is 1.39. The smallest absolute Gasteiger partial charge is 0.166 e. The highest BCUT2D eigenvalue weighted by molar-refractivity contribution is 6.15. The molecule has 0 atom stereocenters. The van der Waals surface area contributed by atoms with Gasteiger partial charge in [-0.1, -0.05) is 13.8 Å². The van der Waals surface area contributed by atoms with E-state index in [-0.39, 0.29) is 11.6 Å². The van der Waals surface area contributed by atoms with Crippen LogP contribution in [0.2, 0.25) is 0 Å². The van der Waals surface area contributed by atoms with Crippen molar-refractivity contribution in [3.8, 4) is 0 Å². The summed E-state index contributed by atoms with van der Waals surface area (Å²) in [6.45, 7) is 3.12. The molecule has 0 nitrogen and oxygen atoms in total. The maximum Gasteiger partial charge on any atom is 0.416 e. The lowest BCUT2D eigenvalue weighted by Crippen LogP contribution is -2.20. The van der Waals surface area contributed by atoms with Gasteiger partial charge in [0.1, 0.15) is 7.85 Å². The number of benzene rings is 1. The van der Waals surface area contributed by atoms with Gasteiger partial charge in [-0.25, -0.2) is 0 Å². The van der Waals surface area contributed by atoms with Crippen LogP contribution in [0.1, 0.15) is 30.5 Å². The van der Waals surface area contributed by atoms with Crippen molar-refractivity contribution in [1.29, 1.82) is 0 Å². The lowest BCUT2D eigenvalue weighted by atomic mass is 9.67. The molecule has 100 valence electrons. The first-order chi connectivity index (χ1) is 7.82. The van der Waals surface area contributed by atoms with Crippen LogP contribution in [-0.4, -0.2) is 7.85 Å². The monoisotopic (exact) mass is 268 g/mol. The Kier molecular flexibility index (Phi) is 3.49. The first-order valence-electron chi connectivity index (χ1n) is 5.12. The Morgan fingerprint density at radius 1 is 0.722 bits per heavy atom. The van der Waals surface area contributed by atoms with Crippen LogP contribution in [-0.2, 0) is 17.7 Å².